The maximum absolute atomic E-state index is 13.3. The molecule has 24 heavy (non-hydrogen) atoms. The first-order chi connectivity index (χ1) is 11.2. The Morgan fingerprint density at radius 3 is 2.75 bits per heavy atom. The predicted molar refractivity (Wildman–Crippen MR) is 81.2 cm³/mol. The summed E-state index contributed by atoms with van der Waals surface area (Å²) in [7, 11) is 0. The maximum Gasteiger partial charge on any atom is 0.419 e. The number of carbonyl (C=O) groups is 1. The lowest BCUT2D eigenvalue weighted by Crippen LogP contribution is -2.50. The van der Waals surface area contributed by atoms with Crippen molar-refractivity contribution < 1.29 is 27.1 Å². The average Bonchev–Trinajstić information content (AvgIpc) is 2.48. The highest BCUT2D eigenvalue weighted by atomic mass is 19.4. The summed E-state index contributed by atoms with van der Waals surface area (Å²) < 4.78 is 56.9. The van der Waals surface area contributed by atoms with Crippen LogP contribution in [0.15, 0.2) is 18.2 Å². The van der Waals surface area contributed by atoms with Gasteiger partial charge in [-0.1, -0.05) is 13.8 Å². The van der Waals surface area contributed by atoms with Gasteiger partial charge in [0, 0.05) is 12.2 Å². The smallest absolute Gasteiger partial charge is 0.377 e. The Morgan fingerprint density at radius 2 is 2.12 bits per heavy atom. The van der Waals surface area contributed by atoms with Crippen LogP contribution in [0.4, 0.5) is 28.0 Å². The van der Waals surface area contributed by atoms with Crippen molar-refractivity contribution in [3.63, 3.8) is 0 Å². The first kappa shape index (κ1) is 18.5. The Balaban J connectivity index is 2.13. The third kappa shape index (κ3) is 4.59. The summed E-state index contributed by atoms with van der Waals surface area (Å²) in [5.41, 5.74) is -1.50. The Kier molecular flexibility index (Phi) is 5.69. The summed E-state index contributed by atoms with van der Waals surface area (Å²) >= 11 is 0. The van der Waals surface area contributed by atoms with E-state index in [-0.39, 0.29) is 11.7 Å². The van der Waals surface area contributed by atoms with Crippen LogP contribution in [0.1, 0.15) is 25.8 Å². The van der Waals surface area contributed by atoms with Gasteiger partial charge in [0.1, 0.15) is 5.82 Å². The predicted octanol–water partition coefficient (Wildman–Crippen LogP) is 4.12. The van der Waals surface area contributed by atoms with E-state index >= 15 is 0 Å². The molecule has 1 fully saturated rings. The molecule has 1 atom stereocenters. The van der Waals surface area contributed by atoms with Gasteiger partial charge in [0.05, 0.1) is 24.8 Å². The normalized spacial score (nSPS) is 18.8. The number of alkyl halides is 3. The van der Waals surface area contributed by atoms with Crippen molar-refractivity contribution >= 4 is 11.7 Å². The van der Waals surface area contributed by atoms with Crippen LogP contribution in [-0.4, -0.2) is 36.7 Å². The molecule has 0 spiro atoms. The third-order valence-electron chi connectivity index (χ3n) is 3.75. The first-order valence-electron chi connectivity index (χ1n) is 7.70. The molecule has 2 rings (SSSR count). The van der Waals surface area contributed by atoms with Gasteiger partial charge in [0.15, 0.2) is 0 Å². The molecule has 8 heteroatoms. The number of morpholine rings is 1. The molecule has 0 aromatic heterocycles. The summed E-state index contributed by atoms with van der Waals surface area (Å²) in [6.45, 7) is 5.15. The van der Waals surface area contributed by atoms with E-state index < -0.39 is 23.6 Å². The number of halogens is 4. The highest BCUT2D eigenvalue weighted by molar-refractivity contribution is 5.89. The zero-order valence-electron chi connectivity index (χ0n) is 13.5. The number of hydrogen-bond donors (Lipinski definition) is 1. The lowest BCUT2D eigenvalue weighted by atomic mass is 10.0. The number of hydrogen-bond acceptors (Lipinski definition) is 2. The minimum Gasteiger partial charge on any atom is -0.377 e. The quantitative estimate of drug-likeness (QED) is 0.835. The summed E-state index contributed by atoms with van der Waals surface area (Å²) in [6.07, 6.45) is -4.09. The Labute approximate surface area is 137 Å². The Hall–Kier alpha value is -1.83. The van der Waals surface area contributed by atoms with Crippen LogP contribution in [0.2, 0.25) is 0 Å². The number of benzene rings is 1. The second-order valence-corrected chi connectivity index (χ2v) is 6.17. The van der Waals surface area contributed by atoms with Crippen LogP contribution >= 0.6 is 0 Å². The molecular weight excluding hydrogens is 328 g/mol. The van der Waals surface area contributed by atoms with Gasteiger partial charge in [0.2, 0.25) is 0 Å². The molecule has 0 radical (unpaired) electrons. The molecule has 4 nitrogen and oxygen atoms in total. The van der Waals surface area contributed by atoms with E-state index in [1.807, 2.05) is 13.8 Å². The van der Waals surface area contributed by atoms with Crippen LogP contribution in [0, 0.1) is 11.7 Å². The average molecular weight is 348 g/mol. The summed E-state index contributed by atoms with van der Waals surface area (Å²) in [4.78, 5) is 13.9. The van der Waals surface area contributed by atoms with Gasteiger partial charge < -0.3 is 15.0 Å². The molecule has 1 aromatic rings. The standard InChI is InChI=1S/C16H20F4N2O2/c1-10(2)7-12-9-24-6-5-22(12)15(23)21-11-3-4-14(17)13(8-11)16(18,19)20/h3-4,8,10,12H,5-7,9H2,1-2H3,(H,21,23). The van der Waals surface area contributed by atoms with Crippen molar-refractivity contribution in [2.75, 3.05) is 25.1 Å². The highest BCUT2D eigenvalue weighted by Crippen LogP contribution is 2.33. The lowest BCUT2D eigenvalue weighted by molar-refractivity contribution is -0.139. The molecular formula is C16H20F4N2O2. The minimum absolute atomic E-state index is 0.0940. The van der Waals surface area contributed by atoms with E-state index in [0.29, 0.717) is 37.8 Å². The molecule has 1 unspecified atom stereocenters. The summed E-state index contributed by atoms with van der Waals surface area (Å²) in [5.74, 6) is -1.03. The van der Waals surface area contributed by atoms with E-state index in [1.165, 1.54) is 0 Å². The topological polar surface area (TPSA) is 41.6 Å². The van der Waals surface area contributed by atoms with Crippen molar-refractivity contribution in [1.82, 2.24) is 4.90 Å². The number of rotatable bonds is 3. The second kappa shape index (κ2) is 7.38. The van der Waals surface area contributed by atoms with E-state index in [0.717, 1.165) is 12.5 Å². The number of anilines is 1. The van der Waals surface area contributed by atoms with Crippen molar-refractivity contribution in [2.24, 2.45) is 5.92 Å². The molecule has 1 aliphatic rings. The molecule has 0 aliphatic carbocycles. The van der Waals surface area contributed by atoms with Crippen LogP contribution in [0.5, 0.6) is 0 Å². The molecule has 2 amide bonds. The van der Waals surface area contributed by atoms with Gasteiger partial charge in [-0.2, -0.15) is 13.2 Å². The van der Waals surface area contributed by atoms with Gasteiger partial charge in [0.25, 0.3) is 0 Å². The number of amides is 2. The zero-order valence-corrected chi connectivity index (χ0v) is 13.5. The minimum atomic E-state index is -4.82. The fraction of sp³-hybridized carbons (Fsp3) is 0.562. The zero-order chi connectivity index (χ0) is 17.9. The van der Waals surface area contributed by atoms with Crippen LogP contribution in [0.3, 0.4) is 0 Å². The van der Waals surface area contributed by atoms with Gasteiger partial charge in [-0.15, -0.1) is 0 Å². The third-order valence-corrected chi connectivity index (χ3v) is 3.75. The largest absolute Gasteiger partial charge is 0.419 e. The molecule has 0 bridgehead atoms. The molecule has 0 saturated carbocycles. The Bertz CT molecular complexity index is 590. The SMILES string of the molecule is CC(C)CC1COCCN1C(=O)Nc1ccc(F)c(C(F)(F)F)c1. The second-order valence-electron chi connectivity index (χ2n) is 6.17. The van der Waals surface area contributed by atoms with E-state index in [9.17, 15) is 22.4 Å². The fourth-order valence-electron chi connectivity index (χ4n) is 2.68. The molecule has 1 aliphatic heterocycles. The van der Waals surface area contributed by atoms with Crippen molar-refractivity contribution in [2.45, 2.75) is 32.5 Å². The number of carbonyl (C=O) groups excluding carboxylic acids is 1. The van der Waals surface area contributed by atoms with Crippen molar-refractivity contribution in [1.29, 1.82) is 0 Å². The van der Waals surface area contributed by atoms with Crippen molar-refractivity contribution in [3.05, 3.63) is 29.6 Å². The lowest BCUT2D eigenvalue weighted by Gasteiger charge is -2.36. The molecule has 1 heterocycles. The van der Waals surface area contributed by atoms with E-state index in [4.69, 9.17) is 4.74 Å². The highest BCUT2D eigenvalue weighted by Gasteiger charge is 2.34. The molecule has 1 aromatic carbocycles. The number of urea groups is 1. The van der Waals surface area contributed by atoms with Crippen LogP contribution < -0.4 is 5.32 Å². The van der Waals surface area contributed by atoms with Gasteiger partial charge >= 0.3 is 12.2 Å². The molecule has 1 N–H and O–H groups in total. The number of ether oxygens (including phenoxy) is 1. The Morgan fingerprint density at radius 1 is 1.42 bits per heavy atom. The van der Waals surface area contributed by atoms with Gasteiger partial charge in [-0.25, -0.2) is 9.18 Å². The van der Waals surface area contributed by atoms with Gasteiger partial charge in [-0.05, 0) is 30.5 Å². The van der Waals surface area contributed by atoms with Crippen LogP contribution in [-0.2, 0) is 10.9 Å². The first-order valence-corrected chi connectivity index (χ1v) is 7.70. The molecule has 134 valence electrons. The van der Waals surface area contributed by atoms with E-state index in [1.54, 1.807) is 4.90 Å². The van der Waals surface area contributed by atoms with E-state index in [2.05, 4.69) is 5.32 Å². The monoisotopic (exact) mass is 348 g/mol. The van der Waals surface area contributed by atoms with Crippen LogP contribution in [0.25, 0.3) is 0 Å². The summed E-state index contributed by atoms with van der Waals surface area (Å²) in [6, 6.07) is 1.76. The maximum atomic E-state index is 13.3. The van der Waals surface area contributed by atoms with Crippen molar-refractivity contribution in [3.8, 4) is 0 Å². The number of nitrogens with zero attached hydrogens (tertiary/aromatic N) is 1. The fourth-order valence-corrected chi connectivity index (χ4v) is 2.68. The summed E-state index contributed by atoms with van der Waals surface area (Å²) in [5, 5.41) is 2.42. The van der Waals surface area contributed by atoms with Gasteiger partial charge in [-0.3, -0.25) is 0 Å². The molecule has 1 saturated heterocycles. The number of nitrogens with one attached hydrogen (secondary N) is 1.